The van der Waals surface area contributed by atoms with Crippen molar-refractivity contribution in [1.29, 1.82) is 0 Å². The molecule has 4 fully saturated rings. The molecule has 0 amide bonds. The maximum Gasteiger partial charge on any atom is 0.208 e. The highest BCUT2D eigenvalue weighted by molar-refractivity contribution is 6.13. The van der Waals surface area contributed by atoms with Gasteiger partial charge in [0.15, 0.2) is 34.5 Å². The van der Waals surface area contributed by atoms with Crippen LogP contribution in [0.25, 0.3) is 66.1 Å². The Kier molecular flexibility index (Phi) is 9.07. The molecule has 8 aromatic rings. The summed E-state index contributed by atoms with van der Waals surface area (Å²) in [5, 5.41) is 158. The number of aromatic nitrogens is 2. The van der Waals surface area contributed by atoms with E-state index in [0.717, 1.165) is 0 Å². The largest absolute Gasteiger partial charge is 0.504 e. The third-order valence-corrected chi connectivity index (χ3v) is 14.5. The molecule has 12 atom stereocenters. The van der Waals surface area contributed by atoms with Gasteiger partial charge in [0.05, 0.1) is 39.7 Å². The minimum Gasteiger partial charge on any atom is -0.504 e. The van der Waals surface area contributed by atoms with E-state index < -0.39 is 136 Å². The zero-order valence-corrected chi connectivity index (χ0v) is 34.8. The number of aliphatic hydroxyl groups excluding tert-OH is 5. The van der Waals surface area contributed by atoms with Crippen molar-refractivity contribution in [3.63, 3.8) is 0 Å². The van der Waals surface area contributed by atoms with E-state index in [9.17, 15) is 71.5 Å². The number of aliphatic hydroxyl groups is 5. The number of phenols is 9. The summed E-state index contributed by atoms with van der Waals surface area (Å²) in [5.74, 6) is -12.5. The molecular formula is C48H40N2O18. The van der Waals surface area contributed by atoms with E-state index in [-0.39, 0.29) is 5.69 Å². The van der Waals surface area contributed by atoms with Gasteiger partial charge in [0, 0.05) is 33.4 Å². The Morgan fingerprint density at radius 3 is 1.15 bits per heavy atom. The average molecular weight is 933 g/mol. The third-order valence-electron chi connectivity index (χ3n) is 14.5. The Morgan fingerprint density at radius 1 is 0.338 bits per heavy atom. The molecule has 12 unspecified atom stereocenters. The first-order valence-electron chi connectivity index (χ1n) is 21.4. The lowest BCUT2D eigenvalue weighted by Gasteiger charge is -2.59. The summed E-state index contributed by atoms with van der Waals surface area (Å²) in [7, 11) is 0. The molecule has 4 heterocycles. The second-order valence-corrected chi connectivity index (χ2v) is 17.8. The summed E-state index contributed by atoms with van der Waals surface area (Å²) in [6.45, 7) is 0. The zero-order valence-electron chi connectivity index (χ0n) is 34.8. The van der Waals surface area contributed by atoms with Crippen LogP contribution in [0.4, 0.5) is 0 Å². The van der Waals surface area contributed by atoms with Crippen molar-refractivity contribution >= 4 is 43.6 Å². The highest BCUT2D eigenvalue weighted by Gasteiger charge is 2.68. The summed E-state index contributed by atoms with van der Waals surface area (Å²) in [6, 6.07) is 24.7. The van der Waals surface area contributed by atoms with Crippen LogP contribution in [0.2, 0.25) is 0 Å². The van der Waals surface area contributed by atoms with Gasteiger partial charge in [0.1, 0.15) is 60.2 Å². The van der Waals surface area contributed by atoms with Crippen molar-refractivity contribution in [1.82, 2.24) is 9.13 Å². The summed E-state index contributed by atoms with van der Waals surface area (Å²) in [5.41, 5.74) is 1.70. The smallest absolute Gasteiger partial charge is 0.208 e. The fourth-order valence-electron chi connectivity index (χ4n) is 11.3. The van der Waals surface area contributed by atoms with E-state index in [1.165, 1.54) is 9.13 Å². The van der Waals surface area contributed by atoms with Gasteiger partial charge in [0.25, 0.3) is 0 Å². The van der Waals surface area contributed by atoms with Gasteiger partial charge in [0.2, 0.25) is 17.2 Å². The van der Waals surface area contributed by atoms with Gasteiger partial charge in [-0.3, -0.25) is 0 Å². The number of benzene rings is 6. The molecule has 0 bridgehead atoms. The first-order valence-corrected chi connectivity index (χ1v) is 21.4. The molecule has 6 aromatic carbocycles. The Hall–Kier alpha value is -7.24. The van der Waals surface area contributed by atoms with Gasteiger partial charge in [-0.25, -0.2) is 19.6 Å². The Labute approximate surface area is 380 Å². The lowest BCUT2D eigenvalue weighted by molar-refractivity contribution is -0.516. The standard InChI is InChI=1S/C48H40N2O18/c51-31-25(26-33(53)42(62)46-27-28-47(66-65-45(26)27)43(63)41(61)44(64)48(28)68-67-46)32(52)35(55)29(34(31)54)49-21-7-3-1-5-17(21)19-13-15(9-11-23(19)49)16-10-12-24-20(14-16)18-6-2-4-8-22(18)50(24)30-36(56)38(58)40(60)39(59)37(30)57/h1-14,26-28,33,41-48,51-64H. The summed E-state index contributed by atoms with van der Waals surface area (Å²) in [6.07, 6.45) is -14.2. The van der Waals surface area contributed by atoms with Crippen LogP contribution in [-0.2, 0) is 19.6 Å². The second-order valence-electron chi connectivity index (χ2n) is 17.8. The zero-order chi connectivity index (χ0) is 47.5. The lowest BCUT2D eigenvalue weighted by atomic mass is 9.60. The van der Waals surface area contributed by atoms with E-state index in [0.29, 0.717) is 54.7 Å². The fourth-order valence-corrected chi connectivity index (χ4v) is 11.3. The molecule has 12 rings (SSSR count). The Morgan fingerprint density at radius 2 is 0.691 bits per heavy atom. The van der Waals surface area contributed by atoms with Gasteiger partial charge < -0.3 is 80.6 Å². The third kappa shape index (κ3) is 5.39. The molecule has 20 heteroatoms. The monoisotopic (exact) mass is 932 g/mol. The maximum absolute atomic E-state index is 12.0. The summed E-state index contributed by atoms with van der Waals surface area (Å²) < 4.78 is 2.87. The van der Waals surface area contributed by atoms with Crippen molar-refractivity contribution in [2.24, 2.45) is 11.8 Å². The van der Waals surface area contributed by atoms with Gasteiger partial charge in [-0.05, 0) is 47.5 Å². The molecule has 2 aliphatic carbocycles. The number of fused-ring (bicyclic) bond motifs is 6. The molecule has 2 aliphatic heterocycles. The molecule has 68 heavy (non-hydrogen) atoms. The van der Waals surface area contributed by atoms with Crippen LogP contribution in [0.3, 0.4) is 0 Å². The van der Waals surface area contributed by atoms with Crippen LogP contribution in [0.1, 0.15) is 11.5 Å². The first-order chi connectivity index (χ1) is 32.6. The molecule has 350 valence electrons. The van der Waals surface area contributed by atoms with Crippen molar-refractivity contribution in [3.05, 3.63) is 90.5 Å². The molecule has 14 N–H and O–H groups in total. The minimum absolute atomic E-state index is 0.368. The van der Waals surface area contributed by atoms with Crippen molar-refractivity contribution in [2.45, 2.75) is 60.9 Å². The van der Waals surface area contributed by atoms with Crippen LogP contribution < -0.4 is 0 Å². The Bertz CT molecular complexity index is 3370. The lowest BCUT2D eigenvalue weighted by Crippen LogP contribution is -2.74. The van der Waals surface area contributed by atoms with Crippen LogP contribution >= 0.6 is 0 Å². The SMILES string of the molecule is Oc1c(O)c(O)c(-n2c3ccccc3c3cc(-c4ccc5c(c4)c4ccccc4n5-c4c(O)c(O)c(C5C(O)C(O)C6OOC7C(O)C(O)C(O)C8OOC5C6C78)c(O)c4O)ccc32)c(O)c1O. The molecule has 2 aromatic heterocycles. The summed E-state index contributed by atoms with van der Waals surface area (Å²) in [4.78, 5) is 22.0. The summed E-state index contributed by atoms with van der Waals surface area (Å²) >= 11 is 0. The number of hydrogen-bond donors (Lipinski definition) is 14. The molecular weight excluding hydrogens is 893 g/mol. The van der Waals surface area contributed by atoms with Crippen LogP contribution in [-0.4, -0.2) is 136 Å². The quantitative estimate of drug-likeness (QED) is 0.0683. The number of rotatable bonds is 4. The van der Waals surface area contributed by atoms with E-state index in [4.69, 9.17) is 19.6 Å². The van der Waals surface area contributed by atoms with E-state index in [1.807, 2.05) is 18.2 Å². The van der Waals surface area contributed by atoms with Gasteiger partial charge >= 0.3 is 0 Å². The van der Waals surface area contributed by atoms with E-state index >= 15 is 0 Å². The van der Waals surface area contributed by atoms with Gasteiger partial charge in [-0.1, -0.05) is 48.5 Å². The first kappa shape index (κ1) is 42.1. The van der Waals surface area contributed by atoms with Crippen LogP contribution in [0, 0.1) is 11.8 Å². The average Bonchev–Trinajstić information content (AvgIpc) is 3.85. The Balaban J connectivity index is 0.979. The minimum atomic E-state index is -1.93. The van der Waals surface area contributed by atoms with E-state index in [1.54, 1.807) is 66.7 Å². The van der Waals surface area contributed by atoms with Crippen molar-refractivity contribution < 1.29 is 91.0 Å². The van der Waals surface area contributed by atoms with E-state index in [2.05, 4.69) is 0 Å². The molecule has 2 saturated heterocycles. The second kappa shape index (κ2) is 14.6. The maximum atomic E-state index is 12.0. The molecule has 2 saturated carbocycles. The molecule has 0 radical (unpaired) electrons. The van der Waals surface area contributed by atoms with Crippen LogP contribution in [0.15, 0.2) is 84.9 Å². The highest BCUT2D eigenvalue weighted by atomic mass is 17.2. The normalized spacial score (nSPS) is 29.0. The molecule has 0 spiro atoms. The number of aromatic hydroxyl groups is 9. The van der Waals surface area contributed by atoms with Crippen LogP contribution in [0.5, 0.6) is 51.7 Å². The van der Waals surface area contributed by atoms with Crippen molar-refractivity contribution in [2.75, 3.05) is 0 Å². The number of hydrogen-bond acceptors (Lipinski definition) is 18. The van der Waals surface area contributed by atoms with Crippen molar-refractivity contribution in [3.8, 4) is 74.2 Å². The van der Waals surface area contributed by atoms with Gasteiger partial charge in [-0.2, -0.15) is 0 Å². The van der Waals surface area contributed by atoms with Gasteiger partial charge in [-0.15, -0.1) is 0 Å². The number of para-hydroxylation sites is 2. The predicted octanol–water partition coefficient (Wildman–Crippen LogP) is 3.44. The number of phenolic OH excluding ortho intramolecular Hbond substituents is 9. The molecule has 20 nitrogen and oxygen atoms in total. The highest BCUT2D eigenvalue weighted by Crippen LogP contribution is 2.60. The topological polar surface area (TPSA) is 330 Å². The predicted molar refractivity (Wildman–Crippen MR) is 235 cm³/mol. The number of nitrogens with zero attached hydrogens (tertiary/aromatic N) is 2. The molecule has 4 aliphatic rings. The fraction of sp³-hybridized carbons (Fsp3) is 0.250.